The lowest BCUT2D eigenvalue weighted by Crippen LogP contribution is -2.40. The zero-order chi connectivity index (χ0) is 9.84. The second-order valence-corrected chi connectivity index (χ2v) is 5.33. The Hall–Kier alpha value is 0.250. The number of hydrogen-bond donors (Lipinski definition) is 0. The van der Waals surface area contributed by atoms with Crippen LogP contribution in [0.25, 0.3) is 0 Å². The number of nitrogens with zero attached hydrogens (tertiary/aromatic N) is 1. The van der Waals surface area contributed by atoms with Gasteiger partial charge in [0.25, 0.3) is 0 Å². The molecule has 78 valence electrons. The van der Waals surface area contributed by atoms with Gasteiger partial charge in [-0.2, -0.15) is 0 Å². The fourth-order valence-corrected chi connectivity index (χ4v) is 2.05. The van der Waals surface area contributed by atoms with Crippen molar-refractivity contribution in [2.45, 2.75) is 39.0 Å². The number of rotatable bonds is 3. The van der Waals surface area contributed by atoms with Gasteiger partial charge in [-0.05, 0) is 37.8 Å². The molecule has 1 saturated heterocycles. The average Bonchev–Trinajstić information content (AvgIpc) is 2.07. The molecule has 1 heterocycles. The maximum Gasteiger partial charge on any atom is 0.0489 e. The van der Waals surface area contributed by atoms with E-state index in [1.54, 1.807) is 0 Å². The van der Waals surface area contributed by atoms with Crippen molar-refractivity contribution in [3.05, 3.63) is 0 Å². The molecule has 0 aromatic heterocycles. The Bertz CT molecular complexity index is 147. The molecule has 13 heavy (non-hydrogen) atoms. The smallest absolute Gasteiger partial charge is 0.0489 e. The van der Waals surface area contributed by atoms with Crippen LogP contribution in [0, 0.1) is 11.8 Å². The van der Waals surface area contributed by atoms with E-state index in [0.29, 0.717) is 11.3 Å². The highest BCUT2D eigenvalue weighted by atomic mass is 35.5. The number of halogens is 1. The van der Waals surface area contributed by atoms with Crippen LogP contribution in [0.15, 0.2) is 0 Å². The zero-order valence-corrected chi connectivity index (χ0v) is 9.85. The summed E-state index contributed by atoms with van der Waals surface area (Å²) in [4.78, 5) is 2.51. The molecule has 0 amide bonds. The van der Waals surface area contributed by atoms with E-state index in [9.17, 15) is 0 Å². The van der Waals surface area contributed by atoms with Crippen LogP contribution in [-0.4, -0.2) is 29.9 Å². The Morgan fingerprint density at radius 1 is 1.46 bits per heavy atom. The molecular weight excluding hydrogens is 182 g/mol. The highest BCUT2D eigenvalue weighted by Gasteiger charge is 2.23. The van der Waals surface area contributed by atoms with Crippen LogP contribution in [0.1, 0.15) is 33.6 Å². The van der Waals surface area contributed by atoms with E-state index < -0.39 is 0 Å². The molecule has 0 aliphatic carbocycles. The zero-order valence-electron chi connectivity index (χ0n) is 9.09. The topological polar surface area (TPSA) is 3.24 Å². The quantitative estimate of drug-likeness (QED) is 0.638. The molecule has 1 nitrogen and oxygen atoms in total. The monoisotopic (exact) mass is 203 g/mol. The number of hydrogen-bond acceptors (Lipinski definition) is 1. The highest BCUT2D eigenvalue weighted by Crippen LogP contribution is 2.22. The van der Waals surface area contributed by atoms with Crippen molar-refractivity contribution in [3.63, 3.8) is 0 Å². The molecule has 0 aromatic carbocycles. The van der Waals surface area contributed by atoms with Gasteiger partial charge in [0.1, 0.15) is 0 Å². The minimum Gasteiger partial charge on any atom is -0.302 e. The lowest BCUT2D eigenvalue weighted by molar-refractivity contribution is 0.188. The average molecular weight is 204 g/mol. The van der Waals surface area contributed by atoms with Crippen LogP contribution < -0.4 is 0 Å². The first-order valence-corrected chi connectivity index (χ1v) is 5.89. The van der Waals surface area contributed by atoms with E-state index >= 15 is 0 Å². The van der Waals surface area contributed by atoms with Crippen LogP contribution in [-0.2, 0) is 0 Å². The number of likely N-dealkylation sites (tertiary alicyclic amines) is 1. The number of alkyl halides is 1. The van der Waals surface area contributed by atoms with Crippen molar-refractivity contribution < 1.29 is 0 Å². The van der Waals surface area contributed by atoms with Gasteiger partial charge in [-0.15, -0.1) is 11.6 Å². The third kappa shape index (κ3) is 3.86. The van der Waals surface area contributed by atoms with Crippen molar-refractivity contribution in [2.24, 2.45) is 11.8 Å². The first-order valence-electron chi connectivity index (χ1n) is 5.46. The molecule has 1 aliphatic rings. The van der Waals surface area contributed by atoms with Gasteiger partial charge in [0.05, 0.1) is 0 Å². The van der Waals surface area contributed by atoms with E-state index in [1.807, 2.05) is 0 Å². The molecular formula is C11H22ClN. The van der Waals surface area contributed by atoms with Gasteiger partial charge in [-0.3, -0.25) is 0 Å². The van der Waals surface area contributed by atoms with Crippen LogP contribution in [0.5, 0.6) is 0 Å². The standard InChI is InChI=1S/C11H22ClN/c1-9(2)4-6-13-7-5-10(3)11(12)8-13/h9-11H,4-8H2,1-3H3. The molecule has 0 radical (unpaired) electrons. The molecule has 1 aliphatic heterocycles. The van der Waals surface area contributed by atoms with E-state index in [4.69, 9.17) is 11.6 Å². The summed E-state index contributed by atoms with van der Waals surface area (Å²) >= 11 is 6.24. The minimum absolute atomic E-state index is 0.376. The fourth-order valence-electron chi connectivity index (χ4n) is 1.73. The second-order valence-electron chi connectivity index (χ2n) is 4.77. The lowest BCUT2D eigenvalue weighted by Gasteiger charge is -2.34. The summed E-state index contributed by atoms with van der Waals surface area (Å²) in [6, 6.07) is 0. The molecule has 2 heteroatoms. The van der Waals surface area contributed by atoms with Gasteiger partial charge in [-0.25, -0.2) is 0 Å². The Kier molecular flexibility index (Phi) is 4.54. The fraction of sp³-hybridized carbons (Fsp3) is 1.00. The third-order valence-electron chi connectivity index (χ3n) is 2.97. The van der Waals surface area contributed by atoms with Gasteiger partial charge >= 0.3 is 0 Å². The summed E-state index contributed by atoms with van der Waals surface area (Å²) in [7, 11) is 0. The summed E-state index contributed by atoms with van der Waals surface area (Å²) in [5.41, 5.74) is 0. The van der Waals surface area contributed by atoms with Gasteiger partial charge < -0.3 is 4.90 Å². The van der Waals surface area contributed by atoms with Crippen LogP contribution in [0.2, 0.25) is 0 Å². The lowest BCUT2D eigenvalue weighted by atomic mass is 9.98. The highest BCUT2D eigenvalue weighted by molar-refractivity contribution is 6.21. The van der Waals surface area contributed by atoms with Gasteiger partial charge in [0.2, 0.25) is 0 Å². The molecule has 1 rings (SSSR count). The van der Waals surface area contributed by atoms with Crippen LogP contribution in [0.3, 0.4) is 0 Å². The first-order chi connectivity index (χ1) is 6.09. The first kappa shape index (κ1) is 11.3. The van der Waals surface area contributed by atoms with Crippen molar-refractivity contribution >= 4 is 11.6 Å². The molecule has 2 unspecified atom stereocenters. The summed E-state index contributed by atoms with van der Waals surface area (Å²) in [6.45, 7) is 10.4. The van der Waals surface area contributed by atoms with Crippen LogP contribution >= 0.6 is 11.6 Å². The normalized spacial score (nSPS) is 31.2. The van der Waals surface area contributed by atoms with Crippen LogP contribution in [0.4, 0.5) is 0 Å². The van der Waals surface area contributed by atoms with E-state index in [0.717, 1.165) is 12.5 Å². The van der Waals surface area contributed by atoms with Crippen molar-refractivity contribution in [1.29, 1.82) is 0 Å². The molecule has 0 spiro atoms. The molecule has 1 fully saturated rings. The summed E-state index contributed by atoms with van der Waals surface area (Å²) in [5, 5.41) is 0.376. The van der Waals surface area contributed by atoms with Gasteiger partial charge in [0.15, 0.2) is 0 Å². The maximum absolute atomic E-state index is 6.24. The Balaban J connectivity index is 2.21. The molecule has 0 bridgehead atoms. The van der Waals surface area contributed by atoms with Gasteiger partial charge in [-0.1, -0.05) is 20.8 Å². The molecule has 0 aromatic rings. The number of piperidine rings is 1. The predicted molar refractivity (Wildman–Crippen MR) is 59.3 cm³/mol. The third-order valence-corrected chi connectivity index (χ3v) is 3.54. The van der Waals surface area contributed by atoms with E-state index in [2.05, 4.69) is 25.7 Å². The molecule has 0 N–H and O–H groups in total. The largest absolute Gasteiger partial charge is 0.302 e. The predicted octanol–water partition coefficient (Wildman–Crippen LogP) is 2.98. The Labute approximate surface area is 87.4 Å². The summed E-state index contributed by atoms with van der Waals surface area (Å²) < 4.78 is 0. The van der Waals surface area contributed by atoms with Crippen molar-refractivity contribution in [2.75, 3.05) is 19.6 Å². The SMILES string of the molecule is CC(C)CCN1CCC(C)C(Cl)C1. The molecule has 2 atom stereocenters. The van der Waals surface area contributed by atoms with E-state index in [1.165, 1.54) is 25.9 Å². The Morgan fingerprint density at radius 2 is 2.15 bits per heavy atom. The Morgan fingerprint density at radius 3 is 2.69 bits per heavy atom. The maximum atomic E-state index is 6.24. The minimum atomic E-state index is 0.376. The molecule has 0 saturated carbocycles. The second kappa shape index (κ2) is 5.21. The summed E-state index contributed by atoms with van der Waals surface area (Å²) in [5.74, 6) is 1.52. The van der Waals surface area contributed by atoms with Gasteiger partial charge in [0, 0.05) is 11.9 Å². The summed E-state index contributed by atoms with van der Waals surface area (Å²) in [6.07, 6.45) is 2.57. The van der Waals surface area contributed by atoms with Crippen molar-refractivity contribution in [1.82, 2.24) is 4.90 Å². The van der Waals surface area contributed by atoms with Crippen molar-refractivity contribution in [3.8, 4) is 0 Å². The van der Waals surface area contributed by atoms with E-state index in [-0.39, 0.29) is 0 Å².